The Morgan fingerprint density at radius 2 is 2.07 bits per heavy atom. The highest BCUT2D eigenvalue weighted by Gasteiger charge is 2.10. The van der Waals surface area contributed by atoms with Crippen molar-refractivity contribution in [3.8, 4) is 0 Å². The zero-order chi connectivity index (χ0) is 20.6. The first-order valence-electron chi connectivity index (χ1n) is 9.50. The molecule has 2 heterocycles. The Labute approximate surface area is 175 Å². The van der Waals surface area contributed by atoms with Crippen molar-refractivity contribution >= 4 is 28.9 Å². The molecule has 29 heavy (non-hydrogen) atoms. The molecule has 3 rings (SSSR count). The minimum atomic E-state index is -0.268. The number of hydrogen-bond donors (Lipinski definition) is 3. The SMILES string of the molecule is CN=C(NCc1cccc(NC(=O)c2ccco2)c1)NC(C)Cc1ccc(C)s1. The number of furan rings is 1. The Balaban J connectivity index is 1.52. The van der Waals surface area contributed by atoms with E-state index in [-0.39, 0.29) is 17.7 Å². The third-order valence-electron chi connectivity index (χ3n) is 4.30. The molecule has 0 saturated carbocycles. The van der Waals surface area contributed by atoms with Crippen molar-refractivity contribution in [2.45, 2.75) is 32.9 Å². The van der Waals surface area contributed by atoms with Gasteiger partial charge >= 0.3 is 0 Å². The van der Waals surface area contributed by atoms with Crippen LogP contribution in [0.15, 0.2) is 64.2 Å². The van der Waals surface area contributed by atoms with Gasteiger partial charge in [-0.2, -0.15) is 0 Å². The third-order valence-corrected chi connectivity index (χ3v) is 5.32. The van der Waals surface area contributed by atoms with Gasteiger partial charge in [-0.3, -0.25) is 9.79 Å². The predicted molar refractivity (Wildman–Crippen MR) is 119 cm³/mol. The molecule has 0 bridgehead atoms. The summed E-state index contributed by atoms with van der Waals surface area (Å²) in [6.45, 7) is 4.86. The molecule has 152 valence electrons. The molecule has 0 radical (unpaired) electrons. The molecule has 1 amide bonds. The van der Waals surface area contributed by atoms with E-state index in [1.165, 1.54) is 16.0 Å². The maximum atomic E-state index is 12.1. The molecular weight excluding hydrogens is 384 g/mol. The summed E-state index contributed by atoms with van der Waals surface area (Å²) in [4.78, 5) is 19.1. The lowest BCUT2D eigenvalue weighted by atomic mass is 10.2. The molecule has 0 aliphatic rings. The number of aryl methyl sites for hydroxylation is 1. The topological polar surface area (TPSA) is 78.7 Å². The van der Waals surface area contributed by atoms with E-state index in [0.717, 1.165) is 23.6 Å². The number of anilines is 1. The van der Waals surface area contributed by atoms with Crippen LogP contribution in [0.4, 0.5) is 5.69 Å². The molecule has 0 saturated heterocycles. The molecule has 1 aromatic carbocycles. The number of nitrogens with zero attached hydrogens (tertiary/aromatic N) is 1. The molecule has 2 aromatic heterocycles. The van der Waals surface area contributed by atoms with Crippen molar-refractivity contribution < 1.29 is 9.21 Å². The number of hydrogen-bond acceptors (Lipinski definition) is 4. The summed E-state index contributed by atoms with van der Waals surface area (Å²) in [7, 11) is 1.76. The average molecular weight is 411 g/mol. The van der Waals surface area contributed by atoms with Gasteiger partial charge in [-0.15, -0.1) is 11.3 Å². The smallest absolute Gasteiger partial charge is 0.291 e. The van der Waals surface area contributed by atoms with Gasteiger partial charge in [0.25, 0.3) is 5.91 Å². The first-order chi connectivity index (χ1) is 14.0. The summed E-state index contributed by atoms with van der Waals surface area (Å²) in [5.74, 6) is 0.763. The number of nitrogens with one attached hydrogen (secondary N) is 3. The van der Waals surface area contributed by atoms with Gasteiger partial charge in [0.15, 0.2) is 11.7 Å². The van der Waals surface area contributed by atoms with Crippen LogP contribution in [0.1, 0.15) is 32.8 Å². The summed E-state index contributed by atoms with van der Waals surface area (Å²) in [5.41, 5.74) is 1.75. The maximum Gasteiger partial charge on any atom is 0.291 e. The molecule has 3 N–H and O–H groups in total. The van der Waals surface area contributed by atoms with Gasteiger partial charge in [0.2, 0.25) is 0 Å². The van der Waals surface area contributed by atoms with E-state index in [2.05, 4.69) is 46.9 Å². The molecule has 0 fully saturated rings. The Kier molecular flexibility index (Phi) is 7.08. The normalized spacial score (nSPS) is 12.4. The summed E-state index contributed by atoms with van der Waals surface area (Å²) in [6.07, 6.45) is 2.43. The maximum absolute atomic E-state index is 12.1. The van der Waals surface area contributed by atoms with Crippen molar-refractivity contribution in [3.63, 3.8) is 0 Å². The number of aliphatic imine (C=N–C) groups is 1. The van der Waals surface area contributed by atoms with Crippen LogP contribution in [0.5, 0.6) is 0 Å². The van der Waals surface area contributed by atoms with Gasteiger partial charge in [0.05, 0.1) is 6.26 Å². The highest BCUT2D eigenvalue weighted by molar-refractivity contribution is 7.11. The third kappa shape index (κ3) is 6.22. The predicted octanol–water partition coefficient (Wildman–Crippen LogP) is 4.20. The van der Waals surface area contributed by atoms with E-state index >= 15 is 0 Å². The van der Waals surface area contributed by atoms with Crippen molar-refractivity contribution in [3.05, 3.63) is 75.9 Å². The summed E-state index contributed by atoms with van der Waals surface area (Å²) in [5, 5.41) is 9.59. The van der Waals surface area contributed by atoms with Gasteiger partial charge in [-0.1, -0.05) is 12.1 Å². The van der Waals surface area contributed by atoms with Crippen LogP contribution in [0.25, 0.3) is 0 Å². The number of amides is 1. The van der Waals surface area contributed by atoms with Crippen LogP contribution < -0.4 is 16.0 Å². The zero-order valence-corrected chi connectivity index (χ0v) is 17.7. The number of thiophene rings is 1. The second kappa shape index (κ2) is 9.93. The molecule has 0 aliphatic heterocycles. The quantitative estimate of drug-likeness (QED) is 0.403. The van der Waals surface area contributed by atoms with E-state index in [9.17, 15) is 4.79 Å². The number of rotatable bonds is 7. The number of carbonyl (C=O) groups excluding carboxylic acids is 1. The van der Waals surface area contributed by atoms with Gasteiger partial charge in [0.1, 0.15) is 0 Å². The second-order valence-electron chi connectivity index (χ2n) is 6.82. The van der Waals surface area contributed by atoms with Crippen molar-refractivity contribution in [1.29, 1.82) is 0 Å². The first kappa shape index (κ1) is 20.7. The molecule has 6 nitrogen and oxygen atoms in total. The van der Waals surface area contributed by atoms with E-state index in [1.807, 2.05) is 35.6 Å². The Morgan fingerprint density at radius 1 is 1.21 bits per heavy atom. The van der Waals surface area contributed by atoms with E-state index in [0.29, 0.717) is 6.54 Å². The molecule has 1 unspecified atom stereocenters. The Hall–Kier alpha value is -3.06. The standard InChI is InChI=1S/C22H26N4O2S/c1-15(12-19-10-9-16(2)29-19)25-22(23-3)24-14-17-6-4-7-18(13-17)26-21(27)20-8-5-11-28-20/h4-11,13,15H,12,14H2,1-3H3,(H,26,27)(H2,23,24,25). The van der Waals surface area contributed by atoms with Crippen LogP contribution in [-0.4, -0.2) is 25.0 Å². The zero-order valence-electron chi connectivity index (χ0n) is 16.9. The average Bonchev–Trinajstić information content (AvgIpc) is 3.37. The summed E-state index contributed by atoms with van der Waals surface area (Å²) in [6, 6.07) is 15.6. The van der Waals surface area contributed by atoms with Crippen LogP contribution in [-0.2, 0) is 13.0 Å². The fourth-order valence-corrected chi connectivity index (χ4v) is 3.94. The van der Waals surface area contributed by atoms with Gasteiger partial charge < -0.3 is 20.4 Å². The second-order valence-corrected chi connectivity index (χ2v) is 8.19. The van der Waals surface area contributed by atoms with Gasteiger partial charge in [-0.05, 0) is 55.8 Å². The highest BCUT2D eigenvalue weighted by Crippen LogP contribution is 2.17. The van der Waals surface area contributed by atoms with Gasteiger partial charge in [-0.25, -0.2) is 0 Å². The minimum Gasteiger partial charge on any atom is -0.459 e. The lowest BCUT2D eigenvalue weighted by Crippen LogP contribution is -2.42. The lowest BCUT2D eigenvalue weighted by Gasteiger charge is -2.17. The van der Waals surface area contributed by atoms with Crippen LogP contribution >= 0.6 is 11.3 Å². The van der Waals surface area contributed by atoms with Crippen LogP contribution in [0.2, 0.25) is 0 Å². The number of guanidine groups is 1. The lowest BCUT2D eigenvalue weighted by molar-refractivity contribution is 0.0996. The van der Waals surface area contributed by atoms with Gasteiger partial charge in [0, 0.05) is 41.5 Å². The first-order valence-corrected chi connectivity index (χ1v) is 10.3. The largest absolute Gasteiger partial charge is 0.459 e. The van der Waals surface area contributed by atoms with Crippen LogP contribution in [0.3, 0.4) is 0 Å². The monoisotopic (exact) mass is 410 g/mol. The number of benzene rings is 1. The summed E-state index contributed by atoms with van der Waals surface area (Å²) < 4.78 is 5.12. The van der Waals surface area contributed by atoms with Crippen LogP contribution in [0, 0.1) is 6.92 Å². The molecule has 0 spiro atoms. The highest BCUT2D eigenvalue weighted by atomic mass is 32.1. The van der Waals surface area contributed by atoms with Crippen molar-refractivity contribution in [1.82, 2.24) is 10.6 Å². The van der Waals surface area contributed by atoms with Crippen molar-refractivity contribution in [2.75, 3.05) is 12.4 Å². The Morgan fingerprint density at radius 3 is 2.76 bits per heavy atom. The Bertz CT molecular complexity index is 963. The minimum absolute atomic E-state index is 0.262. The molecule has 1 atom stereocenters. The van der Waals surface area contributed by atoms with E-state index in [4.69, 9.17) is 4.42 Å². The molecule has 3 aromatic rings. The fraction of sp³-hybridized carbons (Fsp3) is 0.273. The molecular formula is C22H26N4O2S. The van der Waals surface area contributed by atoms with E-state index in [1.54, 1.807) is 19.2 Å². The van der Waals surface area contributed by atoms with Crippen molar-refractivity contribution in [2.24, 2.45) is 4.99 Å². The molecule has 7 heteroatoms. The van der Waals surface area contributed by atoms with E-state index < -0.39 is 0 Å². The fourth-order valence-electron chi connectivity index (χ4n) is 2.92. The summed E-state index contributed by atoms with van der Waals surface area (Å²) >= 11 is 1.82. The number of carbonyl (C=O) groups is 1. The molecule has 0 aliphatic carbocycles.